The first kappa shape index (κ1) is 36.7. The first-order valence-corrected chi connectivity index (χ1v) is 19.8. The van der Waals surface area contributed by atoms with Crippen LogP contribution in [-0.2, 0) is 27.4 Å². The van der Waals surface area contributed by atoms with Gasteiger partial charge in [0, 0.05) is 36.6 Å². The normalized spacial score (nSPS) is 20.4. The van der Waals surface area contributed by atoms with Gasteiger partial charge in [-0.25, -0.2) is 19.6 Å². The second-order valence-electron chi connectivity index (χ2n) is 16.6. The first-order valence-electron chi connectivity index (χ1n) is 19.8. The summed E-state index contributed by atoms with van der Waals surface area (Å²) in [6, 6.07) is 24.2. The van der Waals surface area contributed by atoms with Gasteiger partial charge in [0.05, 0.1) is 41.6 Å². The highest BCUT2D eigenvalue weighted by Crippen LogP contribution is 2.44. The fraction of sp³-hybridized carbons (Fsp3) is 0.378. The quantitative estimate of drug-likeness (QED) is 0.164. The van der Waals surface area contributed by atoms with Crippen molar-refractivity contribution in [2.75, 3.05) is 20.3 Å². The minimum atomic E-state index is -0.599. The fourth-order valence-corrected chi connectivity index (χ4v) is 8.70. The van der Waals surface area contributed by atoms with Gasteiger partial charge in [-0.3, -0.25) is 9.80 Å². The monoisotopic (exact) mass is 768 g/mol. The molecule has 5 heterocycles. The number of hydrogen-bond acceptors (Lipinski definition) is 8. The maximum Gasteiger partial charge on any atom is 0.410 e. The van der Waals surface area contributed by atoms with Gasteiger partial charge >= 0.3 is 12.2 Å². The van der Waals surface area contributed by atoms with Crippen LogP contribution >= 0.6 is 0 Å². The summed E-state index contributed by atoms with van der Waals surface area (Å²) in [5.74, 6) is 2.48. The van der Waals surface area contributed by atoms with Gasteiger partial charge in [0.2, 0.25) is 0 Å². The van der Waals surface area contributed by atoms with Crippen molar-refractivity contribution in [1.29, 1.82) is 0 Å². The van der Waals surface area contributed by atoms with E-state index in [1.807, 2.05) is 62.2 Å². The van der Waals surface area contributed by atoms with E-state index in [0.29, 0.717) is 19.8 Å². The summed E-state index contributed by atoms with van der Waals surface area (Å²) in [5.41, 5.74) is 7.18. The molecule has 12 heteroatoms. The Labute approximate surface area is 331 Å². The summed E-state index contributed by atoms with van der Waals surface area (Å²) in [6.45, 7) is 9.45. The molecule has 0 saturated carbocycles. The van der Waals surface area contributed by atoms with E-state index in [9.17, 15) is 9.59 Å². The standard InChI is InChI=1S/C45H48N6O6/c1-26-11-16-37(51(26)44(53)56-24-27-9-7-6-8-10-27)42-47-35-15-13-29-19-34-32-14-12-30(18-31(32)25-55-39(34)20-33(29)40(35)49-42)36-21-46-41(48-36)38-17-28(23-54-5)22-50(38)43(52)57-45(2,3)4/h6-10,12-15,18-21,26,28,37-38H,11,16-17,22-25H2,1-5H3,(H,46,48)(H,47,49)/t26-,28-,37?,38-/m0/s1. The highest BCUT2D eigenvalue weighted by Gasteiger charge is 2.41. The number of amides is 2. The third-order valence-electron chi connectivity index (χ3n) is 11.4. The van der Waals surface area contributed by atoms with Gasteiger partial charge in [-0.1, -0.05) is 48.5 Å². The van der Waals surface area contributed by atoms with Crippen LogP contribution in [-0.4, -0.2) is 73.8 Å². The van der Waals surface area contributed by atoms with Crippen molar-refractivity contribution in [2.45, 2.75) is 83.9 Å². The number of imidazole rings is 2. The molecule has 1 unspecified atom stereocenters. The van der Waals surface area contributed by atoms with E-state index in [0.717, 1.165) is 92.0 Å². The van der Waals surface area contributed by atoms with Crippen LogP contribution in [0.15, 0.2) is 79.0 Å². The second-order valence-corrected chi connectivity index (χ2v) is 16.6. The van der Waals surface area contributed by atoms with Gasteiger partial charge < -0.3 is 28.9 Å². The second kappa shape index (κ2) is 14.6. The van der Waals surface area contributed by atoms with Gasteiger partial charge in [-0.05, 0) is 98.9 Å². The predicted molar refractivity (Wildman–Crippen MR) is 217 cm³/mol. The van der Waals surface area contributed by atoms with Crippen molar-refractivity contribution in [2.24, 2.45) is 5.92 Å². The van der Waals surface area contributed by atoms with E-state index in [1.165, 1.54) is 0 Å². The first-order chi connectivity index (χ1) is 27.5. The van der Waals surface area contributed by atoms with E-state index in [1.54, 1.807) is 12.0 Å². The molecule has 2 fully saturated rings. The number of rotatable bonds is 7. The van der Waals surface area contributed by atoms with E-state index in [4.69, 9.17) is 28.9 Å². The number of benzene rings is 4. The molecule has 2 aromatic heterocycles. The summed E-state index contributed by atoms with van der Waals surface area (Å²) in [7, 11) is 1.69. The lowest BCUT2D eigenvalue weighted by atomic mass is 9.92. The Morgan fingerprint density at radius 1 is 0.930 bits per heavy atom. The Hall–Kier alpha value is -5.88. The lowest BCUT2D eigenvalue weighted by Gasteiger charge is -2.27. The molecule has 4 aromatic carbocycles. The Balaban J connectivity index is 0.961. The smallest absolute Gasteiger partial charge is 0.410 e. The third kappa shape index (κ3) is 7.07. The third-order valence-corrected chi connectivity index (χ3v) is 11.4. The number of nitrogens with one attached hydrogen (secondary N) is 2. The SMILES string of the molecule is COC[C@H]1C[C@@H](c2ncc(-c3ccc4c(c3)COc3cc5c(ccc6[nH]c(C7CC[C@H](C)N7C(=O)OCc7ccccc7)nc65)cc3-4)[nH]2)N(C(=O)OC(C)(C)C)C1. The van der Waals surface area contributed by atoms with Crippen LogP contribution in [0.4, 0.5) is 9.59 Å². The molecule has 6 aromatic rings. The average Bonchev–Trinajstić information content (AvgIpc) is 4.01. The number of H-pyrrole nitrogens is 2. The number of aromatic nitrogens is 4. The summed E-state index contributed by atoms with van der Waals surface area (Å²) in [5, 5.41) is 2.04. The number of carbonyl (C=O) groups is 2. The number of hydrogen-bond donors (Lipinski definition) is 2. The fourth-order valence-electron chi connectivity index (χ4n) is 8.70. The number of carbonyl (C=O) groups excluding carboxylic acids is 2. The number of methoxy groups -OCH3 is 1. The van der Waals surface area contributed by atoms with Crippen LogP contribution < -0.4 is 4.74 Å². The highest BCUT2D eigenvalue weighted by molar-refractivity contribution is 6.07. The van der Waals surface area contributed by atoms with Crippen LogP contribution in [0.25, 0.3) is 44.2 Å². The Bertz CT molecular complexity index is 2470. The van der Waals surface area contributed by atoms with Crippen molar-refractivity contribution in [1.82, 2.24) is 29.7 Å². The Morgan fingerprint density at radius 2 is 1.77 bits per heavy atom. The van der Waals surface area contributed by atoms with Crippen molar-refractivity contribution in [3.63, 3.8) is 0 Å². The lowest BCUT2D eigenvalue weighted by Crippen LogP contribution is -2.37. The Morgan fingerprint density at radius 3 is 2.58 bits per heavy atom. The number of ether oxygens (including phenoxy) is 4. The molecule has 0 radical (unpaired) electrons. The summed E-state index contributed by atoms with van der Waals surface area (Å²) in [4.78, 5) is 47.1. The molecular weight excluding hydrogens is 721 g/mol. The number of fused-ring (bicyclic) bond motifs is 6. The van der Waals surface area contributed by atoms with Gasteiger partial charge in [0.25, 0.3) is 0 Å². The molecule has 9 rings (SSSR count). The minimum Gasteiger partial charge on any atom is -0.488 e. The zero-order valence-electron chi connectivity index (χ0n) is 33.0. The highest BCUT2D eigenvalue weighted by atomic mass is 16.6. The molecule has 0 bridgehead atoms. The van der Waals surface area contributed by atoms with Gasteiger partial charge in [0.1, 0.15) is 36.2 Å². The zero-order chi connectivity index (χ0) is 39.4. The molecule has 3 aliphatic rings. The maximum absolute atomic E-state index is 13.4. The summed E-state index contributed by atoms with van der Waals surface area (Å²) < 4.78 is 23.4. The topological polar surface area (TPSA) is 135 Å². The Kier molecular flexibility index (Phi) is 9.39. The molecule has 3 aliphatic heterocycles. The molecule has 2 saturated heterocycles. The maximum atomic E-state index is 13.4. The number of likely N-dealkylation sites (tertiary alicyclic amines) is 2. The van der Waals surface area contributed by atoms with E-state index < -0.39 is 5.60 Å². The summed E-state index contributed by atoms with van der Waals surface area (Å²) >= 11 is 0. The van der Waals surface area contributed by atoms with Gasteiger partial charge in [-0.15, -0.1) is 0 Å². The largest absolute Gasteiger partial charge is 0.488 e. The molecule has 12 nitrogen and oxygen atoms in total. The van der Waals surface area contributed by atoms with Crippen LogP contribution in [0.2, 0.25) is 0 Å². The zero-order valence-corrected chi connectivity index (χ0v) is 33.0. The van der Waals surface area contributed by atoms with E-state index >= 15 is 0 Å². The minimum absolute atomic E-state index is 0.0372. The van der Waals surface area contributed by atoms with Crippen LogP contribution in [0.1, 0.15) is 81.8 Å². The van der Waals surface area contributed by atoms with Crippen molar-refractivity contribution >= 4 is 34.0 Å². The predicted octanol–water partition coefficient (Wildman–Crippen LogP) is 9.47. The molecule has 294 valence electrons. The molecule has 2 N–H and O–H groups in total. The van der Waals surface area contributed by atoms with E-state index in [2.05, 4.69) is 59.4 Å². The van der Waals surface area contributed by atoms with Gasteiger partial charge in [0.15, 0.2) is 0 Å². The molecule has 2 amide bonds. The molecular formula is C45H48N6O6. The van der Waals surface area contributed by atoms with Gasteiger partial charge in [-0.2, -0.15) is 0 Å². The molecule has 57 heavy (non-hydrogen) atoms. The van der Waals surface area contributed by atoms with Crippen LogP contribution in [0, 0.1) is 5.92 Å². The van der Waals surface area contributed by atoms with Crippen molar-refractivity contribution in [3.05, 3.63) is 102 Å². The van der Waals surface area contributed by atoms with Crippen LogP contribution in [0.5, 0.6) is 5.75 Å². The van der Waals surface area contributed by atoms with Crippen molar-refractivity contribution in [3.8, 4) is 28.1 Å². The van der Waals surface area contributed by atoms with Crippen molar-refractivity contribution < 1.29 is 28.5 Å². The molecule has 0 aliphatic carbocycles. The number of aromatic amines is 2. The van der Waals surface area contributed by atoms with Crippen LogP contribution in [0.3, 0.4) is 0 Å². The summed E-state index contributed by atoms with van der Waals surface area (Å²) in [6.07, 6.45) is 3.57. The number of nitrogens with zero attached hydrogens (tertiary/aromatic N) is 4. The lowest BCUT2D eigenvalue weighted by molar-refractivity contribution is 0.0208. The molecule has 0 spiro atoms. The molecule has 4 atom stereocenters. The van der Waals surface area contributed by atoms with E-state index in [-0.39, 0.29) is 42.8 Å². The average molecular weight is 769 g/mol.